The van der Waals surface area contributed by atoms with Crippen molar-refractivity contribution in [1.82, 2.24) is 5.32 Å². The average Bonchev–Trinajstić information content (AvgIpc) is 3.35. The molecule has 34 heavy (non-hydrogen) atoms. The van der Waals surface area contributed by atoms with E-state index in [1.807, 2.05) is 6.07 Å². The SMILES string of the molecule is O=[PH](O)OCCCNCc1cc(-c2ccoc2)c(OCCCCCc2ccccc2F)cc1F. The highest BCUT2D eigenvalue weighted by atomic mass is 31.1. The number of furan rings is 1. The molecular formula is C25H30F2NO5P. The lowest BCUT2D eigenvalue weighted by Gasteiger charge is -2.14. The molecule has 184 valence electrons. The predicted molar refractivity (Wildman–Crippen MR) is 127 cm³/mol. The van der Waals surface area contributed by atoms with Gasteiger partial charge in [-0.05, 0) is 62.4 Å². The number of ether oxygens (including phenoxy) is 1. The largest absolute Gasteiger partial charge is 0.493 e. The summed E-state index contributed by atoms with van der Waals surface area (Å²) in [5.41, 5.74) is 2.72. The molecule has 0 aliphatic heterocycles. The van der Waals surface area contributed by atoms with Crippen molar-refractivity contribution in [3.63, 3.8) is 0 Å². The first-order chi connectivity index (χ1) is 16.5. The summed E-state index contributed by atoms with van der Waals surface area (Å²) < 4.78 is 54.7. The van der Waals surface area contributed by atoms with E-state index in [1.165, 1.54) is 12.1 Å². The molecule has 0 bridgehead atoms. The monoisotopic (exact) mass is 493 g/mol. The van der Waals surface area contributed by atoms with Gasteiger partial charge in [0.15, 0.2) is 0 Å². The van der Waals surface area contributed by atoms with E-state index in [2.05, 4.69) is 9.84 Å². The third-order valence-electron chi connectivity index (χ3n) is 5.33. The summed E-state index contributed by atoms with van der Waals surface area (Å²) in [6.07, 6.45) is 6.83. The van der Waals surface area contributed by atoms with E-state index in [4.69, 9.17) is 14.0 Å². The highest BCUT2D eigenvalue weighted by molar-refractivity contribution is 7.32. The number of unbranched alkanes of at least 4 members (excludes halogenated alkanes) is 2. The topological polar surface area (TPSA) is 80.9 Å². The summed E-state index contributed by atoms with van der Waals surface area (Å²) in [6, 6.07) is 11.7. The van der Waals surface area contributed by atoms with Crippen LogP contribution in [-0.4, -0.2) is 24.7 Å². The molecule has 2 aromatic carbocycles. The maximum Gasteiger partial charge on any atom is 0.316 e. The standard InChI is InChI=1S/C25H30F2NO5P/c26-23-9-4-3-8-19(23)7-2-1-5-12-32-25-16-24(27)21(15-22(25)20-10-14-31-18-20)17-28-11-6-13-33-34(29)30/h3-4,8-10,14-16,18,28,34H,1-2,5-7,11-13,17H2,(H,29,30). The molecule has 0 aliphatic rings. The molecule has 6 nitrogen and oxygen atoms in total. The smallest absolute Gasteiger partial charge is 0.316 e. The van der Waals surface area contributed by atoms with Crippen molar-refractivity contribution in [2.45, 2.75) is 38.6 Å². The number of nitrogens with one attached hydrogen (secondary N) is 1. The molecule has 1 heterocycles. The van der Waals surface area contributed by atoms with Gasteiger partial charge in [0.2, 0.25) is 0 Å². The molecule has 0 aliphatic carbocycles. The van der Waals surface area contributed by atoms with Gasteiger partial charge in [0.1, 0.15) is 17.4 Å². The number of hydrogen-bond donors (Lipinski definition) is 2. The fourth-order valence-corrected chi connectivity index (χ4v) is 3.87. The third-order valence-corrected chi connectivity index (χ3v) is 5.78. The normalized spacial score (nSPS) is 12.1. The van der Waals surface area contributed by atoms with Crippen LogP contribution in [0, 0.1) is 11.6 Å². The van der Waals surface area contributed by atoms with Gasteiger partial charge < -0.3 is 23.9 Å². The lowest BCUT2D eigenvalue weighted by Crippen LogP contribution is -2.17. The highest BCUT2D eigenvalue weighted by Gasteiger charge is 2.14. The first kappa shape index (κ1) is 26.1. The summed E-state index contributed by atoms with van der Waals surface area (Å²) in [4.78, 5) is 8.65. The quantitative estimate of drug-likeness (QED) is 0.203. The van der Waals surface area contributed by atoms with Crippen molar-refractivity contribution in [2.24, 2.45) is 0 Å². The summed E-state index contributed by atoms with van der Waals surface area (Å²) in [5, 5.41) is 3.11. The van der Waals surface area contributed by atoms with Crippen LogP contribution in [0.25, 0.3) is 11.1 Å². The van der Waals surface area contributed by atoms with Gasteiger partial charge in [0.05, 0.1) is 25.7 Å². The summed E-state index contributed by atoms with van der Waals surface area (Å²) in [6.45, 7) is 1.40. The molecule has 3 aromatic rings. The molecule has 0 saturated carbocycles. The lowest BCUT2D eigenvalue weighted by molar-refractivity contribution is 0.276. The second-order valence-electron chi connectivity index (χ2n) is 7.85. The molecule has 0 amide bonds. The summed E-state index contributed by atoms with van der Waals surface area (Å²) in [7, 11) is -2.92. The third kappa shape index (κ3) is 8.37. The maximum absolute atomic E-state index is 14.7. The van der Waals surface area contributed by atoms with Crippen LogP contribution in [0.2, 0.25) is 0 Å². The van der Waals surface area contributed by atoms with Crippen molar-refractivity contribution in [3.05, 3.63) is 77.8 Å². The van der Waals surface area contributed by atoms with E-state index in [-0.39, 0.29) is 18.2 Å². The number of rotatable bonds is 15. The minimum atomic E-state index is -2.92. The average molecular weight is 493 g/mol. The minimum Gasteiger partial charge on any atom is -0.493 e. The predicted octanol–water partition coefficient (Wildman–Crippen LogP) is 5.89. The van der Waals surface area contributed by atoms with Crippen LogP contribution in [0.4, 0.5) is 8.78 Å². The van der Waals surface area contributed by atoms with Crippen LogP contribution in [0.1, 0.15) is 36.8 Å². The molecule has 1 unspecified atom stereocenters. The Bertz CT molecular complexity index is 1050. The van der Waals surface area contributed by atoms with E-state index in [0.717, 1.165) is 30.4 Å². The van der Waals surface area contributed by atoms with Crippen LogP contribution in [0.15, 0.2) is 59.4 Å². The Morgan fingerprint density at radius 3 is 2.59 bits per heavy atom. The van der Waals surface area contributed by atoms with Crippen LogP contribution in [-0.2, 0) is 22.1 Å². The molecule has 0 fully saturated rings. The Hall–Kier alpha value is -2.51. The molecule has 2 N–H and O–H groups in total. The fourth-order valence-electron chi connectivity index (χ4n) is 3.56. The van der Waals surface area contributed by atoms with Gasteiger partial charge in [-0.1, -0.05) is 18.2 Å². The molecule has 1 aromatic heterocycles. The zero-order valence-electron chi connectivity index (χ0n) is 18.9. The second-order valence-corrected chi connectivity index (χ2v) is 8.67. The second kappa shape index (κ2) is 14.0. The van der Waals surface area contributed by atoms with E-state index in [0.29, 0.717) is 49.4 Å². The Labute approximate surface area is 198 Å². The molecule has 9 heteroatoms. The van der Waals surface area contributed by atoms with E-state index in [1.54, 1.807) is 36.8 Å². The number of benzene rings is 2. The van der Waals surface area contributed by atoms with Crippen molar-refractivity contribution in [1.29, 1.82) is 0 Å². The van der Waals surface area contributed by atoms with Crippen LogP contribution in [0.3, 0.4) is 0 Å². The van der Waals surface area contributed by atoms with E-state index >= 15 is 0 Å². The van der Waals surface area contributed by atoms with Crippen LogP contribution >= 0.6 is 8.25 Å². The zero-order valence-corrected chi connectivity index (χ0v) is 19.9. The fraction of sp³-hybridized carbons (Fsp3) is 0.360. The van der Waals surface area contributed by atoms with Gasteiger partial charge >= 0.3 is 8.25 Å². The van der Waals surface area contributed by atoms with Crippen LogP contribution < -0.4 is 10.1 Å². The number of hydrogen-bond acceptors (Lipinski definition) is 5. The Morgan fingerprint density at radius 2 is 1.82 bits per heavy atom. The van der Waals surface area contributed by atoms with Gasteiger partial charge in [0, 0.05) is 29.3 Å². The molecule has 1 atom stereocenters. The van der Waals surface area contributed by atoms with E-state index < -0.39 is 8.25 Å². The van der Waals surface area contributed by atoms with Gasteiger partial charge in [-0.3, -0.25) is 4.57 Å². The number of aryl methyl sites for hydroxylation is 1. The Kier molecular flexibility index (Phi) is 10.8. The van der Waals surface area contributed by atoms with Crippen molar-refractivity contribution in [3.8, 4) is 16.9 Å². The van der Waals surface area contributed by atoms with Crippen molar-refractivity contribution in [2.75, 3.05) is 19.8 Å². The molecule has 3 rings (SSSR count). The lowest BCUT2D eigenvalue weighted by atomic mass is 10.0. The van der Waals surface area contributed by atoms with Gasteiger partial charge in [-0.25, -0.2) is 8.78 Å². The highest BCUT2D eigenvalue weighted by Crippen LogP contribution is 2.33. The van der Waals surface area contributed by atoms with Gasteiger partial charge in [-0.2, -0.15) is 0 Å². The first-order valence-electron chi connectivity index (χ1n) is 11.3. The van der Waals surface area contributed by atoms with E-state index in [9.17, 15) is 13.3 Å². The molecular weight excluding hydrogens is 463 g/mol. The van der Waals surface area contributed by atoms with Gasteiger partial charge in [0.25, 0.3) is 0 Å². The number of halogens is 2. The molecule has 0 saturated heterocycles. The zero-order chi connectivity index (χ0) is 24.2. The molecule has 0 spiro atoms. The Morgan fingerprint density at radius 1 is 0.971 bits per heavy atom. The van der Waals surface area contributed by atoms with Crippen molar-refractivity contribution < 1.29 is 31.9 Å². The minimum absolute atomic E-state index is 0.164. The maximum atomic E-state index is 14.7. The van der Waals surface area contributed by atoms with Crippen LogP contribution in [0.5, 0.6) is 5.75 Å². The first-order valence-corrected chi connectivity index (χ1v) is 12.6. The summed E-state index contributed by atoms with van der Waals surface area (Å²) in [5.74, 6) is -0.117. The Balaban J connectivity index is 1.51. The van der Waals surface area contributed by atoms with Crippen molar-refractivity contribution >= 4 is 8.25 Å². The van der Waals surface area contributed by atoms with Gasteiger partial charge in [-0.15, -0.1) is 0 Å². The molecule has 0 radical (unpaired) electrons. The summed E-state index contributed by atoms with van der Waals surface area (Å²) >= 11 is 0.